The van der Waals surface area contributed by atoms with E-state index >= 15 is 0 Å². The summed E-state index contributed by atoms with van der Waals surface area (Å²) in [7, 11) is 0. The largest absolute Gasteiger partial charge is 0.478 e. The van der Waals surface area contributed by atoms with Crippen LogP contribution in [0.2, 0.25) is 0 Å². The number of rotatable bonds is 3. The van der Waals surface area contributed by atoms with Crippen LogP contribution in [0.5, 0.6) is 0 Å². The van der Waals surface area contributed by atoms with Crippen molar-refractivity contribution < 1.29 is 9.90 Å². The van der Waals surface area contributed by atoms with Crippen LogP contribution in [0.15, 0.2) is 51.2 Å². The van der Waals surface area contributed by atoms with Crippen molar-refractivity contribution >= 4 is 33.7 Å². The summed E-state index contributed by atoms with van der Waals surface area (Å²) in [4.78, 5) is 19.2. The fourth-order valence-electron chi connectivity index (χ4n) is 1.16. The zero-order valence-corrected chi connectivity index (χ0v) is 10.9. The number of aromatic carboxylic acids is 1. The lowest BCUT2D eigenvalue weighted by Crippen LogP contribution is -2.00. The van der Waals surface area contributed by atoms with E-state index in [0.717, 1.165) is 4.47 Å². The van der Waals surface area contributed by atoms with Crippen molar-refractivity contribution in [2.75, 3.05) is 0 Å². The van der Waals surface area contributed by atoms with Gasteiger partial charge >= 0.3 is 5.97 Å². The number of pyridine rings is 2. The first-order valence-corrected chi connectivity index (χ1v) is 6.25. The summed E-state index contributed by atoms with van der Waals surface area (Å²) in [5.74, 6) is -0.988. The molecule has 0 fully saturated rings. The maximum atomic E-state index is 11.0. The molecule has 17 heavy (non-hydrogen) atoms. The van der Waals surface area contributed by atoms with Gasteiger partial charge in [0.25, 0.3) is 0 Å². The van der Waals surface area contributed by atoms with Gasteiger partial charge in [-0.3, -0.25) is 0 Å². The van der Waals surface area contributed by atoms with Crippen LogP contribution in [-0.4, -0.2) is 21.0 Å². The van der Waals surface area contributed by atoms with E-state index in [1.807, 2.05) is 6.07 Å². The highest BCUT2D eigenvalue weighted by molar-refractivity contribution is 9.10. The minimum atomic E-state index is -0.988. The number of aromatic nitrogens is 2. The lowest BCUT2D eigenvalue weighted by molar-refractivity contribution is 0.0692. The van der Waals surface area contributed by atoms with Gasteiger partial charge < -0.3 is 5.11 Å². The van der Waals surface area contributed by atoms with Crippen molar-refractivity contribution in [3.8, 4) is 0 Å². The van der Waals surface area contributed by atoms with E-state index in [0.29, 0.717) is 10.1 Å². The highest BCUT2D eigenvalue weighted by Gasteiger charge is 2.12. The van der Waals surface area contributed by atoms with Crippen molar-refractivity contribution in [3.05, 3.63) is 46.7 Å². The Labute approximate surface area is 110 Å². The number of halogens is 1. The molecular weight excluding hydrogens is 304 g/mol. The molecule has 2 aromatic heterocycles. The van der Waals surface area contributed by atoms with Crippen LogP contribution < -0.4 is 0 Å². The second kappa shape index (κ2) is 5.29. The van der Waals surface area contributed by atoms with Crippen molar-refractivity contribution in [1.82, 2.24) is 9.97 Å². The molecule has 6 heteroatoms. The Morgan fingerprint density at radius 1 is 1.29 bits per heavy atom. The number of carbonyl (C=O) groups is 1. The minimum Gasteiger partial charge on any atom is -0.478 e. The van der Waals surface area contributed by atoms with E-state index in [2.05, 4.69) is 25.9 Å². The molecule has 0 bridgehead atoms. The summed E-state index contributed by atoms with van der Waals surface area (Å²) >= 11 is 4.51. The van der Waals surface area contributed by atoms with Crippen LogP contribution in [0, 0.1) is 0 Å². The van der Waals surface area contributed by atoms with Crippen molar-refractivity contribution in [1.29, 1.82) is 0 Å². The molecule has 0 aliphatic heterocycles. The maximum absolute atomic E-state index is 11.0. The molecule has 86 valence electrons. The highest BCUT2D eigenvalue weighted by Crippen LogP contribution is 2.27. The Kier molecular flexibility index (Phi) is 3.75. The quantitative estimate of drug-likeness (QED) is 0.944. The number of hydrogen-bond donors (Lipinski definition) is 1. The fourth-order valence-corrected chi connectivity index (χ4v) is 2.21. The second-order valence-corrected chi connectivity index (χ2v) is 5.00. The van der Waals surface area contributed by atoms with Crippen LogP contribution in [-0.2, 0) is 0 Å². The van der Waals surface area contributed by atoms with Gasteiger partial charge in [-0.2, -0.15) is 0 Å². The number of hydrogen-bond acceptors (Lipinski definition) is 4. The van der Waals surface area contributed by atoms with Crippen LogP contribution in [0.25, 0.3) is 0 Å². The van der Waals surface area contributed by atoms with Crippen LogP contribution in [0.3, 0.4) is 0 Å². The van der Waals surface area contributed by atoms with Crippen molar-refractivity contribution in [2.45, 2.75) is 10.1 Å². The standard InChI is InChI=1S/C11H7BrN2O2S/c12-7-3-4-9(14-6-7)17-10-8(11(15)16)2-1-5-13-10/h1-6H,(H,15,16). The van der Waals surface area contributed by atoms with Gasteiger partial charge in [0.05, 0.1) is 5.56 Å². The highest BCUT2D eigenvalue weighted by atomic mass is 79.9. The van der Waals surface area contributed by atoms with Gasteiger partial charge in [-0.05, 0) is 52.0 Å². The Hall–Kier alpha value is -1.40. The molecule has 0 saturated carbocycles. The average molecular weight is 311 g/mol. The van der Waals surface area contributed by atoms with Crippen LogP contribution >= 0.6 is 27.7 Å². The molecule has 1 N–H and O–H groups in total. The van der Waals surface area contributed by atoms with E-state index in [-0.39, 0.29) is 5.56 Å². The average Bonchev–Trinajstić information content (AvgIpc) is 2.32. The SMILES string of the molecule is O=C(O)c1cccnc1Sc1ccc(Br)cn1. The molecule has 0 amide bonds. The van der Waals surface area contributed by atoms with E-state index in [1.165, 1.54) is 17.8 Å². The zero-order chi connectivity index (χ0) is 12.3. The Bertz CT molecular complexity index is 545. The third-order valence-electron chi connectivity index (χ3n) is 1.90. The normalized spacial score (nSPS) is 10.2. The molecule has 2 aromatic rings. The Morgan fingerprint density at radius 3 is 2.76 bits per heavy atom. The Morgan fingerprint density at radius 2 is 2.12 bits per heavy atom. The molecule has 2 rings (SSSR count). The van der Waals surface area contributed by atoms with E-state index in [1.54, 1.807) is 24.5 Å². The van der Waals surface area contributed by atoms with Gasteiger partial charge in [0, 0.05) is 16.9 Å². The molecule has 4 nitrogen and oxygen atoms in total. The zero-order valence-electron chi connectivity index (χ0n) is 8.50. The summed E-state index contributed by atoms with van der Waals surface area (Å²) < 4.78 is 0.876. The van der Waals surface area contributed by atoms with E-state index in [9.17, 15) is 4.79 Å². The first kappa shape index (κ1) is 12.1. The third-order valence-corrected chi connectivity index (χ3v) is 3.34. The molecule has 0 saturated heterocycles. The lowest BCUT2D eigenvalue weighted by atomic mass is 10.3. The number of nitrogens with zero attached hydrogens (tertiary/aromatic N) is 2. The molecular formula is C11H7BrN2O2S. The molecule has 0 spiro atoms. The monoisotopic (exact) mass is 310 g/mol. The predicted molar refractivity (Wildman–Crippen MR) is 67.3 cm³/mol. The smallest absolute Gasteiger partial charge is 0.338 e. The Balaban J connectivity index is 2.30. The number of carboxylic acids is 1. The molecule has 0 radical (unpaired) electrons. The second-order valence-electron chi connectivity index (χ2n) is 3.08. The molecule has 0 atom stereocenters. The van der Waals surface area contributed by atoms with Gasteiger partial charge in [-0.15, -0.1) is 0 Å². The van der Waals surface area contributed by atoms with Gasteiger partial charge in [-0.25, -0.2) is 14.8 Å². The molecule has 0 aliphatic carbocycles. The summed E-state index contributed by atoms with van der Waals surface area (Å²) in [6, 6.07) is 6.77. The van der Waals surface area contributed by atoms with Gasteiger partial charge in [0.15, 0.2) is 0 Å². The van der Waals surface area contributed by atoms with E-state index in [4.69, 9.17) is 5.11 Å². The lowest BCUT2D eigenvalue weighted by Gasteiger charge is -2.03. The van der Waals surface area contributed by atoms with Crippen molar-refractivity contribution in [3.63, 3.8) is 0 Å². The minimum absolute atomic E-state index is 0.183. The third kappa shape index (κ3) is 3.04. The molecule has 0 unspecified atom stereocenters. The first-order valence-electron chi connectivity index (χ1n) is 4.64. The summed E-state index contributed by atoms with van der Waals surface area (Å²) in [5.41, 5.74) is 0.183. The van der Waals surface area contributed by atoms with Gasteiger partial charge in [0.2, 0.25) is 0 Å². The van der Waals surface area contributed by atoms with Gasteiger partial charge in [0.1, 0.15) is 10.1 Å². The molecule has 0 aromatic carbocycles. The molecule has 0 aliphatic rings. The topological polar surface area (TPSA) is 63.1 Å². The maximum Gasteiger partial charge on any atom is 0.338 e. The predicted octanol–water partition coefficient (Wildman–Crippen LogP) is 3.09. The fraction of sp³-hybridized carbons (Fsp3) is 0. The number of carboxylic acid groups (broad SMARTS) is 1. The summed E-state index contributed by atoms with van der Waals surface area (Å²) in [6.07, 6.45) is 3.22. The summed E-state index contributed by atoms with van der Waals surface area (Å²) in [5, 5.41) is 10.1. The van der Waals surface area contributed by atoms with Crippen LogP contribution in [0.4, 0.5) is 0 Å². The van der Waals surface area contributed by atoms with Crippen LogP contribution in [0.1, 0.15) is 10.4 Å². The van der Waals surface area contributed by atoms with E-state index < -0.39 is 5.97 Å². The summed E-state index contributed by atoms with van der Waals surface area (Å²) in [6.45, 7) is 0. The van der Waals surface area contributed by atoms with Gasteiger partial charge in [-0.1, -0.05) is 0 Å². The first-order chi connectivity index (χ1) is 8.16. The molecule has 2 heterocycles. The van der Waals surface area contributed by atoms with Crippen molar-refractivity contribution in [2.24, 2.45) is 0 Å².